The van der Waals surface area contributed by atoms with Gasteiger partial charge in [0.2, 0.25) is 0 Å². The quantitative estimate of drug-likeness (QED) is 0.696. The molecule has 1 aliphatic heterocycles. The number of nitrogens with one attached hydrogen (secondary N) is 1. The van der Waals surface area contributed by atoms with Crippen molar-refractivity contribution in [2.24, 2.45) is 5.92 Å². The van der Waals surface area contributed by atoms with Crippen molar-refractivity contribution in [1.29, 1.82) is 0 Å². The second-order valence-corrected chi connectivity index (χ2v) is 7.79. The van der Waals surface area contributed by atoms with Gasteiger partial charge in [0.15, 0.2) is 0 Å². The zero-order valence-corrected chi connectivity index (χ0v) is 16.0. The van der Waals surface area contributed by atoms with Crippen LogP contribution < -0.4 is 5.32 Å². The molecule has 2 aromatic heterocycles. The molecule has 8 heteroatoms. The molecule has 27 heavy (non-hydrogen) atoms. The third-order valence-electron chi connectivity index (χ3n) is 5.20. The van der Waals surface area contributed by atoms with E-state index in [0.717, 1.165) is 16.7 Å². The van der Waals surface area contributed by atoms with Crippen molar-refractivity contribution in [2.75, 3.05) is 11.9 Å². The van der Waals surface area contributed by atoms with Gasteiger partial charge in [0, 0.05) is 29.2 Å². The van der Waals surface area contributed by atoms with Crippen LogP contribution >= 0.6 is 15.9 Å². The van der Waals surface area contributed by atoms with E-state index in [4.69, 9.17) is 0 Å². The Hall–Kier alpha value is -2.74. The van der Waals surface area contributed by atoms with Gasteiger partial charge >= 0.3 is 0 Å². The van der Waals surface area contributed by atoms with Crippen LogP contribution in [0.2, 0.25) is 0 Å². The lowest BCUT2D eigenvalue weighted by molar-refractivity contribution is 0.0766. The van der Waals surface area contributed by atoms with Crippen LogP contribution in [0, 0.1) is 5.92 Å². The molecule has 3 aromatic rings. The second kappa shape index (κ2) is 6.45. The molecule has 136 valence electrons. The van der Waals surface area contributed by atoms with Gasteiger partial charge in [0.25, 0.3) is 5.91 Å². The van der Waals surface area contributed by atoms with E-state index in [-0.39, 0.29) is 11.9 Å². The lowest BCUT2D eigenvalue weighted by Crippen LogP contribution is -2.36. The Balaban J connectivity index is 1.37. The fourth-order valence-electron chi connectivity index (χ4n) is 3.86. The van der Waals surface area contributed by atoms with Crippen LogP contribution in [0.5, 0.6) is 0 Å². The average Bonchev–Trinajstić information content (AvgIpc) is 3.12. The maximum Gasteiger partial charge on any atom is 0.256 e. The molecule has 3 atom stereocenters. The number of aromatic nitrogens is 4. The molecular formula is C19H17BrN6O. The molecule has 2 unspecified atom stereocenters. The van der Waals surface area contributed by atoms with Gasteiger partial charge in [-0.05, 0) is 30.7 Å². The Bertz CT molecular complexity index is 991. The number of fused-ring (bicyclic) bond motifs is 1. The number of hydrogen-bond acceptors (Lipinski definition) is 5. The number of hydrogen-bond donors (Lipinski definition) is 1. The summed E-state index contributed by atoms with van der Waals surface area (Å²) < 4.78 is 0.985. The number of anilines is 1. The molecule has 0 spiro atoms. The van der Waals surface area contributed by atoms with Crippen molar-refractivity contribution in [3.63, 3.8) is 0 Å². The van der Waals surface area contributed by atoms with Gasteiger partial charge in [-0.15, -0.1) is 0 Å². The summed E-state index contributed by atoms with van der Waals surface area (Å²) in [5.74, 6) is 1.34. The number of carbonyl (C=O) groups is 1. The average molecular weight is 425 g/mol. The van der Waals surface area contributed by atoms with E-state index < -0.39 is 0 Å². The van der Waals surface area contributed by atoms with Crippen LogP contribution in [0.15, 0.2) is 59.5 Å². The lowest BCUT2D eigenvalue weighted by Gasteiger charge is -2.22. The molecule has 1 aliphatic carbocycles. The summed E-state index contributed by atoms with van der Waals surface area (Å²) >= 11 is 3.47. The molecule has 1 saturated carbocycles. The summed E-state index contributed by atoms with van der Waals surface area (Å²) in [6.45, 7) is 0.670. The Kier molecular flexibility index (Phi) is 3.93. The van der Waals surface area contributed by atoms with E-state index in [1.807, 2.05) is 41.3 Å². The van der Waals surface area contributed by atoms with Gasteiger partial charge in [-0.25, -0.2) is 4.98 Å². The molecule has 0 bridgehead atoms. The lowest BCUT2D eigenvalue weighted by atomic mass is 10.1. The number of para-hydroxylation sites is 1. The third kappa shape index (κ3) is 2.99. The minimum absolute atomic E-state index is 0.0295. The third-order valence-corrected chi connectivity index (χ3v) is 5.69. The van der Waals surface area contributed by atoms with Crippen LogP contribution in [-0.4, -0.2) is 49.4 Å². The van der Waals surface area contributed by atoms with E-state index in [9.17, 15) is 4.79 Å². The summed E-state index contributed by atoms with van der Waals surface area (Å²) in [5.41, 5.74) is 1.33. The topological polar surface area (TPSA) is 75.9 Å². The van der Waals surface area contributed by atoms with Crippen LogP contribution in [0.3, 0.4) is 0 Å². The molecule has 1 N–H and O–H groups in total. The predicted molar refractivity (Wildman–Crippen MR) is 104 cm³/mol. The molecule has 2 fully saturated rings. The van der Waals surface area contributed by atoms with Gasteiger partial charge in [-0.2, -0.15) is 15.0 Å². The maximum atomic E-state index is 13.3. The van der Waals surface area contributed by atoms with E-state index in [1.54, 1.807) is 18.6 Å². The molecular weight excluding hydrogens is 408 g/mol. The summed E-state index contributed by atoms with van der Waals surface area (Å²) in [6, 6.07) is 11.8. The van der Waals surface area contributed by atoms with Crippen molar-refractivity contribution >= 4 is 27.7 Å². The molecule has 3 heterocycles. The number of likely N-dealkylation sites (tertiary alicyclic amines) is 1. The van der Waals surface area contributed by atoms with E-state index >= 15 is 0 Å². The van der Waals surface area contributed by atoms with Crippen molar-refractivity contribution in [2.45, 2.75) is 18.5 Å². The fourth-order valence-corrected chi connectivity index (χ4v) is 4.19. The van der Waals surface area contributed by atoms with E-state index in [1.165, 1.54) is 4.80 Å². The largest absolute Gasteiger partial charge is 0.365 e. The molecule has 1 saturated heterocycles. The summed E-state index contributed by atoms with van der Waals surface area (Å²) in [5, 5.41) is 11.8. The van der Waals surface area contributed by atoms with Crippen LogP contribution in [0.1, 0.15) is 16.8 Å². The zero-order valence-electron chi connectivity index (χ0n) is 14.4. The number of amides is 1. The Morgan fingerprint density at radius 2 is 1.96 bits per heavy atom. The Labute approximate surface area is 164 Å². The standard InChI is InChI=1S/C19H17BrN6O/c20-12-5-6-21-18(9-12)24-15-11-25(17-10-14(15)17)19(27)13-3-1-2-4-16(13)26-22-7-8-23-26/h1-9,14-15,17H,10-11H2,(H,21,24)/t14?,15-,17?/m0/s1. The first-order chi connectivity index (χ1) is 13.2. The molecule has 1 aromatic carbocycles. The number of halogens is 1. The summed E-state index contributed by atoms with van der Waals surface area (Å²) in [7, 11) is 0. The summed E-state index contributed by atoms with van der Waals surface area (Å²) in [4.78, 5) is 21.1. The van der Waals surface area contributed by atoms with Crippen molar-refractivity contribution in [1.82, 2.24) is 24.9 Å². The molecule has 7 nitrogen and oxygen atoms in total. The number of rotatable bonds is 4. The van der Waals surface area contributed by atoms with Gasteiger partial charge in [-0.3, -0.25) is 4.79 Å². The molecule has 1 amide bonds. The van der Waals surface area contributed by atoms with Crippen LogP contribution in [0.25, 0.3) is 5.69 Å². The number of piperidine rings is 1. The highest BCUT2D eigenvalue weighted by Crippen LogP contribution is 2.46. The minimum atomic E-state index is 0.0295. The number of pyridine rings is 1. The Morgan fingerprint density at radius 1 is 1.15 bits per heavy atom. The van der Waals surface area contributed by atoms with Gasteiger partial charge in [0.05, 0.1) is 29.7 Å². The first-order valence-electron chi connectivity index (χ1n) is 8.85. The number of carbonyl (C=O) groups excluding carboxylic acids is 1. The molecule has 2 aliphatic rings. The smallest absolute Gasteiger partial charge is 0.256 e. The monoisotopic (exact) mass is 424 g/mol. The zero-order chi connectivity index (χ0) is 18.4. The number of nitrogens with zero attached hydrogens (tertiary/aromatic N) is 5. The van der Waals surface area contributed by atoms with E-state index in [0.29, 0.717) is 29.8 Å². The van der Waals surface area contributed by atoms with Crippen molar-refractivity contribution in [3.05, 3.63) is 65.0 Å². The minimum Gasteiger partial charge on any atom is -0.365 e. The SMILES string of the molecule is O=C(c1ccccc1-n1nccn1)N1C[C@H](Nc2cc(Br)ccn2)C2CC21. The van der Waals surface area contributed by atoms with Gasteiger partial charge in [-0.1, -0.05) is 28.1 Å². The van der Waals surface area contributed by atoms with Crippen LogP contribution in [-0.2, 0) is 0 Å². The maximum absolute atomic E-state index is 13.3. The summed E-state index contributed by atoms with van der Waals surface area (Å²) in [6.07, 6.45) is 6.01. The fraction of sp³-hybridized carbons (Fsp3) is 0.263. The highest BCUT2D eigenvalue weighted by molar-refractivity contribution is 9.10. The second-order valence-electron chi connectivity index (χ2n) is 6.87. The highest BCUT2D eigenvalue weighted by atomic mass is 79.9. The highest BCUT2D eigenvalue weighted by Gasteiger charge is 2.55. The van der Waals surface area contributed by atoms with Crippen molar-refractivity contribution < 1.29 is 4.79 Å². The normalized spacial score (nSPS) is 23.1. The predicted octanol–water partition coefficient (Wildman–Crippen LogP) is 2.75. The van der Waals surface area contributed by atoms with Gasteiger partial charge in [0.1, 0.15) is 5.82 Å². The first kappa shape index (κ1) is 16.4. The van der Waals surface area contributed by atoms with E-state index in [2.05, 4.69) is 36.4 Å². The Morgan fingerprint density at radius 3 is 2.78 bits per heavy atom. The van der Waals surface area contributed by atoms with Crippen molar-refractivity contribution in [3.8, 4) is 5.69 Å². The molecule has 0 radical (unpaired) electrons. The van der Waals surface area contributed by atoms with Gasteiger partial charge < -0.3 is 10.2 Å². The van der Waals surface area contributed by atoms with Crippen LogP contribution in [0.4, 0.5) is 5.82 Å². The first-order valence-corrected chi connectivity index (χ1v) is 9.65. The molecule has 5 rings (SSSR count). The number of benzene rings is 1.